The van der Waals surface area contributed by atoms with E-state index in [9.17, 15) is 4.79 Å². The largest absolute Gasteiger partial charge is 0.481 e. The van der Waals surface area contributed by atoms with E-state index in [1.165, 1.54) is 31.2 Å². The number of carbonyl (C=O) groups is 1. The molecule has 0 amide bonds. The summed E-state index contributed by atoms with van der Waals surface area (Å²) in [5.41, 5.74) is 1.49. The molecule has 1 aliphatic heterocycles. The molecule has 1 heterocycles. The van der Waals surface area contributed by atoms with Gasteiger partial charge in [0.2, 0.25) is 0 Å². The highest BCUT2D eigenvalue weighted by molar-refractivity contribution is 5.71. The van der Waals surface area contributed by atoms with Gasteiger partial charge in [0.1, 0.15) is 0 Å². The highest BCUT2D eigenvalue weighted by Crippen LogP contribution is 2.36. The summed E-state index contributed by atoms with van der Waals surface area (Å²) in [4.78, 5) is 13.1. The van der Waals surface area contributed by atoms with Crippen molar-refractivity contribution in [1.82, 2.24) is 4.90 Å². The van der Waals surface area contributed by atoms with Crippen LogP contribution in [0.1, 0.15) is 37.2 Å². The van der Waals surface area contributed by atoms with E-state index in [1.807, 2.05) is 0 Å². The Morgan fingerprint density at radius 2 is 1.75 bits per heavy atom. The van der Waals surface area contributed by atoms with E-state index in [0.717, 1.165) is 31.5 Å². The first-order chi connectivity index (χ1) is 9.72. The van der Waals surface area contributed by atoms with Gasteiger partial charge in [-0.25, -0.2) is 0 Å². The van der Waals surface area contributed by atoms with Crippen LogP contribution in [0.15, 0.2) is 30.3 Å². The van der Waals surface area contributed by atoms with Crippen molar-refractivity contribution in [3.05, 3.63) is 35.9 Å². The molecule has 0 unspecified atom stereocenters. The number of nitrogens with zero attached hydrogens (tertiary/aromatic N) is 1. The molecule has 1 aliphatic carbocycles. The average molecular weight is 273 g/mol. The van der Waals surface area contributed by atoms with E-state index in [2.05, 4.69) is 35.2 Å². The minimum Gasteiger partial charge on any atom is -0.481 e. The number of hydrogen-bond acceptors (Lipinski definition) is 2. The second-order valence-electron chi connectivity index (χ2n) is 6.38. The van der Waals surface area contributed by atoms with Gasteiger partial charge in [-0.05, 0) is 43.1 Å². The quantitative estimate of drug-likeness (QED) is 0.917. The van der Waals surface area contributed by atoms with E-state index in [4.69, 9.17) is 5.11 Å². The summed E-state index contributed by atoms with van der Waals surface area (Å²) in [7, 11) is 0. The van der Waals surface area contributed by atoms with Crippen LogP contribution >= 0.6 is 0 Å². The summed E-state index contributed by atoms with van der Waals surface area (Å²) in [5, 5.41) is 8.89. The fraction of sp³-hybridized carbons (Fsp3) is 0.588. The number of aliphatic carboxylic acids is 1. The lowest BCUT2D eigenvalue weighted by Crippen LogP contribution is -2.52. The fourth-order valence-corrected chi connectivity index (χ4v) is 3.64. The number of likely N-dealkylation sites (tertiary alicyclic amines) is 1. The molecule has 2 fully saturated rings. The van der Waals surface area contributed by atoms with Gasteiger partial charge < -0.3 is 10.0 Å². The second-order valence-corrected chi connectivity index (χ2v) is 6.38. The van der Waals surface area contributed by atoms with E-state index in [1.54, 1.807) is 0 Å². The van der Waals surface area contributed by atoms with Gasteiger partial charge in [-0.2, -0.15) is 0 Å². The Balaban J connectivity index is 1.42. The Labute approximate surface area is 120 Å². The van der Waals surface area contributed by atoms with Crippen LogP contribution < -0.4 is 0 Å². The van der Waals surface area contributed by atoms with Gasteiger partial charge in [0.05, 0.1) is 5.92 Å². The Morgan fingerprint density at radius 3 is 2.35 bits per heavy atom. The SMILES string of the molecule is O=C(O)C1CN(CC2CCC(c3ccccc3)CC2)C1. The summed E-state index contributed by atoms with van der Waals surface area (Å²) in [6.07, 6.45) is 5.14. The third-order valence-corrected chi connectivity index (χ3v) is 4.94. The minimum absolute atomic E-state index is 0.115. The number of carboxylic acid groups (broad SMARTS) is 1. The predicted octanol–water partition coefficient (Wildman–Crippen LogP) is 2.98. The van der Waals surface area contributed by atoms with Gasteiger partial charge in [0.25, 0.3) is 0 Å². The molecular formula is C17H23NO2. The van der Waals surface area contributed by atoms with Crippen LogP contribution in [0.25, 0.3) is 0 Å². The lowest BCUT2D eigenvalue weighted by atomic mass is 9.78. The fourth-order valence-electron chi connectivity index (χ4n) is 3.64. The molecule has 0 radical (unpaired) electrons. The Hall–Kier alpha value is -1.35. The number of hydrogen-bond donors (Lipinski definition) is 1. The zero-order valence-electron chi connectivity index (χ0n) is 11.9. The van der Waals surface area contributed by atoms with Crippen molar-refractivity contribution >= 4 is 5.97 Å². The summed E-state index contributed by atoms with van der Waals surface area (Å²) in [5.74, 6) is 0.755. The van der Waals surface area contributed by atoms with Gasteiger partial charge in [0, 0.05) is 19.6 Å². The molecule has 108 valence electrons. The van der Waals surface area contributed by atoms with Crippen LogP contribution in [0.4, 0.5) is 0 Å². The van der Waals surface area contributed by atoms with E-state index in [0.29, 0.717) is 0 Å². The molecule has 0 bridgehead atoms. The van der Waals surface area contributed by atoms with Gasteiger partial charge >= 0.3 is 5.97 Å². The van der Waals surface area contributed by atoms with Crippen LogP contribution in [-0.2, 0) is 4.79 Å². The number of rotatable bonds is 4. The van der Waals surface area contributed by atoms with E-state index >= 15 is 0 Å². The zero-order valence-corrected chi connectivity index (χ0v) is 11.9. The molecule has 1 saturated heterocycles. The van der Waals surface area contributed by atoms with Crippen LogP contribution in [0, 0.1) is 11.8 Å². The molecule has 1 aromatic carbocycles. The predicted molar refractivity (Wildman–Crippen MR) is 78.7 cm³/mol. The first-order valence-corrected chi connectivity index (χ1v) is 7.72. The van der Waals surface area contributed by atoms with Crippen LogP contribution in [0.3, 0.4) is 0 Å². The molecule has 3 nitrogen and oxygen atoms in total. The summed E-state index contributed by atoms with van der Waals surface area (Å²) >= 11 is 0. The Bertz CT molecular complexity index is 445. The maximum atomic E-state index is 10.8. The molecule has 20 heavy (non-hydrogen) atoms. The summed E-state index contributed by atoms with van der Waals surface area (Å²) in [6.45, 7) is 2.62. The maximum absolute atomic E-state index is 10.8. The van der Waals surface area contributed by atoms with Crippen LogP contribution in [-0.4, -0.2) is 35.6 Å². The van der Waals surface area contributed by atoms with Crippen molar-refractivity contribution in [2.75, 3.05) is 19.6 Å². The maximum Gasteiger partial charge on any atom is 0.309 e. The first-order valence-electron chi connectivity index (χ1n) is 7.72. The van der Waals surface area contributed by atoms with Crippen molar-refractivity contribution in [2.45, 2.75) is 31.6 Å². The topological polar surface area (TPSA) is 40.5 Å². The second kappa shape index (κ2) is 5.96. The lowest BCUT2D eigenvalue weighted by Gasteiger charge is -2.40. The summed E-state index contributed by atoms with van der Waals surface area (Å²) < 4.78 is 0. The molecule has 1 saturated carbocycles. The minimum atomic E-state index is -0.631. The van der Waals surface area contributed by atoms with E-state index in [-0.39, 0.29) is 5.92 Å². The third kappa shape index (κ3) is 3.04. The van der Waals surface area contributed by atoms with Crippen molar-refractivity contribution in [2.24, 2.45) is 11.8 Å². The van der Waals surface area contributed by atoms with Gasteiger partial charge in [0.15, 0.2) is 0 Å². The molecule has 0 aromatic heterocycles. The molecule has 1 aromatic rings. The smallest absolute Gasteiger partial charge is 0.309 e. The monoisotopic (exact) mass is 273 g/mol. The third-order valence-electron chi connectivity index (χ3n) is 4.94. The van der Waals surface area contributed by atoms with Crippen molar-refractivity contribution in [3.63, 3.8) is 0 Å². The lowest BCUT2D eigenvalue weighted by molar-refractivity contribution is -0.147. The first kappa shape index (κ1) is 13.6. The number of benzene rings is 1. The molecular weight excluding hydrogens is 250 g/mol. The van der Waals surface area contributed by atoms with Crippen LogP contribution in [0.5, 0.6) is 0 Å². The highest BCUT2D eigenvalue weighted by atomic mass is 16.4. The molecule has 3 rings (SSSR count). The zero-order chi connectivity index (χ0) is 13.9. The Kier molecular flexibility index (Phi) is 4.06. The van der Waals surface area contributed by atoms with Gasteiger partial charge in [-0.15, -0.1) is 0 Å². The van der Waals surface area contributed by atoms with Gasteiger partial charge in [-0.3, -0.25) is 4.79 Å². The molecule has 3 heteroatoms. The summed E-state index contributed by atoms with van der Waals surface area (Å²) in [6, 6.07) is 10.8. The Morgan fingerprint density at radius 1 is 1.10 bits per heavy atom. The van der Waals surface area contributed by atoms with Crippen LogP contribution in [0.2, 0.25) is 0 Å². The molecule has 0 atom stereocenters. The van der Waals surface area contributed by atoms with Gasteiger partial charge in [-0.1, -0.05) is 30.3 Å². The molecule has 1 N–H and O–H groups in total. The van der Waals surface area contributed by atoms with E-state index < -0.39 is 5.97 Å². The molecule has 0 spiro atoms. The van der Waals surface area contributed by atoms with Crippen molar-refractivity contribution in [1.29, 1.82) is 0 Å². The standard InChI is InChI=1S/C17H23NO2/c19-17(20)16-11-18(12-16)10-13-6-8-15(9-7-13)14-4-2-1-3-5-14/h1-5,13,15-16H,6-12H2,(H,19,20). The number of carboxylic acids is 1. The normalized spacial score (nSPS) is 28.0. The van der Waals surface area contributed by atoms with Crippen molar-refractivity contribution < 1.29 is 9.90 Å². The average Bonchev–Trinajstić information content (AvgIpc) is 2.43. The molecule has 2 aliphatic rings. The highest BCUT2D eigenvalue weighted by Gasteiger charge is 2.34. The van der Waals surface area contributed by atoms with Crippen molar-refractivity contribution in [3.8, 4) is 0 Å².